The molecule has 6 heteroatoms. The van der Waals surface area contributed by atoms with E-state index < -0.39 is 0 Å². The van der Waals surface area contributed by atoms with Crippen LogP contribution in [-0.2, 0) is 0 Å². The van der Waals surface area contributed by atoms with Crippen LogP contribution in [0.15, 0.2) is 29.6 Å². The lowest BCUT2D eigenvalue weighted by molar-refractivity contribution is 0.0738. The quantitative estimate of drug-likeness (QED) is 0.917. The molecule has 2 aromatic heterocycles. The number of aromatic nitrogens is 2. The van der Waals surface area contributed by atoms with Gasteiger partial charge in [-0.1, -0.05) is 6.07 Å². The zero-order chi connectivity index (χ0) is 13.1. The Labute approximate surface area is 109 Å². The zero-order valence-electron chi connectivity index (χ0n) is 10.2. The molecule has 2 aromatic rings. The van der Waals surface area contributed by atoms with Gasteiger partial charge in [-0.15, -0.1) is 21.5 Å². The van der Waals surface area contributed by atoms with E-state index in [2.05, 4.69) is 10.2 Å². The van der Waals surface area contributed by atoms with Gasteiger partial charge < -0.3 is 10.6 Å². The largest absolute Gasteiger partial charge is 0.382 e. The Bertz CT molecular complexity index is 524. The molecule has 0 radical (unpaired) electrons. The molecule has 0 spiro atoms. The predicted molar refractivity (Wildman–Crippen MR) is 71.3 cm³/mol. The number of thiophene rings is 1. The molecule has 0 saturated heterocycles. The lowest BCUT2D eigenvalue weighted by atomic mass is 10.2. The fraction of sp³-hybridized carbons (Fsp3) is 0.250. The summed E-state index contributed by atoms with van der Waals surface area (Å²) < 4.78 is 0. The molecule has 0 aliphatic carbocycles. The summed E-state index contributed by atoms with van der Waals surface area (Å²) in [7, 11) is 1.75. The van der Waals surface area contributed by atoms with Crippen LogP contribution in [-0.4, -0.2) is 28.1 Å². The van der Waals surface area contributed by atoms with Gasteiger partial charge in [0.1, 0.15) is 5.82 Å². The topological polar surface area (TPSA) is 72.1 Å². The number of rotatable bonds is 3. The summed E-state index contributed by atoms with van der Waals surface area (Å²) in [6.07, 6.45) is 0. The third-order valence-electron chi connectivity index (χ3n) is 2.76. The molecule has 0 aliphatic heterocycles. The molecule has 0 fully saturated rings. The van der Waals surface area contributed by atoms with Gasteiger partial charge in [0.2, 0.25) is 0 Å². The minimum Gasteiger partial charge on any atom is -0.382 e. The molecule has 0 bridgehead atoms. The number of nitrogens with zero attached hydrogens (tertiary/aromatic N) is 3. The second-order valence-electron chi connectivity index (χ2n) is 3.95. The number of amides is 1. The van der Waals surface area contributed by atoms with Crippen LogP contribution in [0.2, 0.25) is 0 Å². The van der Waals surface area contributed by atoms with E-state index in [0.29, 0.717) is 11.5 Å². The fourth-order valence-electron chi connectivity index (χ4n) is 1.53. The SMILES string of the molecule is CC(c1cccs1)N(C)C(=O)c1ccc(N)nn1. The number of nitrogens with two attached hydrogens (primary N) is 1. The molecule has 0 aromatic carbocycles. The molecular weight excluding hydrogens is 248 g/mol. The third-order valence-corrected chi connectivity index (χ3v) is 3.80. The van der Waals surface area contributed by atoms with Crippen molar-refractivity contribution in [3.05, 3.63) is 40.2 Å². The van der Waals surface area contributed by atoms with Gasteiger partial charge in [0, 0.05) is 11.9 Å². The normalized spacial score (nSPS) is 12.1. The molecule has 1 amide bonds. The Hall–Kier alpha value is -1.95. The highest BCUT2D eigenvalue weighted by Crippen LogP contribution is 2.24. The Kier molecular flexibility index (Phi) is 3.57. The summed E-state index contributed by atoms with van der Waals surface area (Å²) in [6, 6.07) is 7.15. The summed E-state index contributed by atoms with van der Waals surface area (Å²) in [5, 5.41) is 9.48. The molecule has 94 valence electrons. The number of carbonyl (C=O) groups is 1. The molecule has 1 unspecified atom stereocenters. The lowest BCUT2D eigenvalue weighted by Crippen LogP contribution is -2.30. The van der Waals surface area contributed by atoms with Gasteiger partial charge in [0.25, 0.3) is 5.91 Å². The molecule has 1 atom stereocenters. The van der Waals surface area contributed by atoms with E-state index >= 15 is 0 Å². The number of hydrogen-bond donors (Lipinski definition) is 1. The third kappa shape index (κ3) is 2.48. The molecule has 5 nitrogen and oxygen atoms in total. The van der Waals surface area contributed by atoms with E-state index in [-0.39, 0.29) is 11.9 Å². The van der Waals surface area contributed by atoms with E-state index in [1.54, 1.807) is 35.4 Å². The average Bonchev–Trinajstić information content (AvgIpc) is 2.91. The highest BCUT2D eigenvalue weighted by atomic mass is 32.1. The first-order chi connectivity index (χ1) is 8.59. The lowest BCUT2D eigenvalue weighted by Gasteiger charge is -2.23. The van der Waals surface area contributed by atoms with Gasteiger partial charge in [-0.2, -0.15) is 0 Å². The van der Waals surface area contributed by atoms with Crippen LogP contribution >= 0.6 is 11.3 Å². The molecular formula is C12H14N4OS. The van der Waals surface area contributed by atoms with Crippen molar-refractivity contribution in [1.82, 2.24) is 15.1 Å². The Morgan fingerprint density at radius 2 is 2.17 bits per heavy atom. The number of anilines is 1. The van der Waals surface area contributed by atoms with Gasteiger partial charge in [-0.25, -0.2) is 0 Å². The van der Waals surface area contributed by atoms with E-state index in [1.165, 1.54) is 0 Å². The maximum atomic E-state index is 12.2. The second-order valence-corrected chi connectivity index (χ2v) is 4.93. The molecule has 0 saturated carbocycles. The van der Waals surface area contributed by atoms with Crippen LogP contribution in [0.5, 0.6) is 0 Å². The Morgan fingerprint density at radius 1 is 1.39 bits per heavy atom. The Morgan fingerprint density at radius 3 is 2.72 bits per heavy atom. The molecule has 0 aliphatic rings. The standard InChI is InChI=1S/C12H14N4OS/c1-8(10-4-3-7-18-10)16(2)12(17)9-5-6-11(13)15-14-9/h3-8H,1-2H3,(H2,13,15). The van der Waals surface area contributed by atoms with Crippen molar-refractivity contribution in [2.45, 2.75) is 13.0 Å². The minimum absolute atomic E-state index is 0.0110. The van der Waals surface area contributed by atoms with Gasteiger partial charge in [0.15, 0.2) is 5.69 Å². The smallest absolute Gasteiger partial charge is 0.274 e. The van der Waals surface area contributed by atoms with Gasteiger partial charge in [0.05, 0.1) is 6.04 Å². The van der Waals surface area contributed by atoms with Crippen molar-refractivity contribution in [3.63, 3.8) is 0 Å². The van der Waals surface area contributed by atoms with Crippen molar-refractivity contribution in [2.75, 3.05) is 12.8 Å². The summed E-state index contributed by atoms with van der Waals surface area (Å²) in [6.45, 7) is 1.98. The molecule has 2 rings (SSSR count). The molecule has 2 N–H and O–H groups in total. The number of carbonyl (C=O) groups excluding carboxylic acids is 1. The van der Waals surface area contributed by atoms with Crippen LogP contribution in [0, 0.1) is 0 Å². The van der Waals surface area contributed by atoms with Crippen LogP contribution in [0.4, 0.5) is 5.82 Å². The highest BCUT2D eigenvalue weighted by molar-refractivity contribution is 7.10. The maximum Gasteiger partial charge on any atom is 0.274 e. The summed E-state index contributed by atoms with van der Waals surface area (Å²) >= 11 is 1.62. The van der Waals surface area contributed by atoms with Crippen LogP contribution in [0.25, 0.3) is 0 Å². The zero-order valence-corrected chi connectivity index (χ0v) is 11.0. The van der Waals surface area contributed by atoms with E-state index in [1.807, 2.05) is 24.4 Å². The average molecular weight is 262 g/mol. The van der Waals surface area contributed by atoms with Gasteiger partial charge >= 0.3 is 0 Å². The Balaban J connectivity index is 2.16. The minimum atomic E-state index is -0.164. The summed E-state index contributed by atoms with van der Waals surface area (Å²) in [5.74, 6) is 0.143. The maximum absolute atomic E-state index is 12.2. The first-order valence-corrected chi connectivity index (χ1v) is 6.37. The van der Waals surface area contributed by atoms with Crippen LogP contribution < -0.4 is 5.73 Å². The van der Waals surface area contributed by atoms with Crippen molar-refractivity contribution >= 4 is 23.1 Å². The molecule has 2 heterocycles. The van der Waals surface area contributed by atoms with Crippen molar-refractivity contribution in [1.29, 1.82) is 0 Å². The van der Waals surface area contributed by atoms with E-state index in [4.69, 9.17) is 5.73 Å². The number of nitrogen functional groups attached to an aromatic ring is 1. The highest BCUT2D eigenvalue weighted by Gasteiger charge is 2.20. The first-order valence-electron chi connectivity index (χ1n) is 5.49. The summed E-state index contributed by atoms with van der Waals surface area (Å²) in [4.78, 5) is 15.0. The second kappa shape index (κ2) is 5.14. The fourth-order valence-corrected chi connectivity index (χ4v) is 2.36. The van der Waals surface area contributed by atoms with Crippen LogP contribution in [0.3, 0.4) is 0 Å². The molecule has 18 heavy (non-hydrogen) atoms. The van der Waals surface area contributed by atoms with E-state index in [9.17, 15) is 4.79 Å². The summed E-state index contributed by atoms with van der Waals surface area (Å²) in [5.41, 5.74) is 5.74. The predicted octanol–water partition coefficient (Wildman–Crippen LogP) is 1.95. The first kappa shape index (κ1) is 12.5. The van der Waals surface area contributed by atoms with Gasteiger partial charge in [-0.3, -0.25) is 4.79 Å². The van der Waals surface area contributed by atoms with Crippen molar-refractivity contribution in [2.24, 2.45) is 0 Å². The van der Waals surface area contributed by atoms with E-state index in [0.717, 1.165) is 4.88 Å². The van der Waals surface area contributed by atoms with Gasteiger partial charge in [-0.05, 0) is 30.5 Å². The van der Waals surface area contributed by atoms with Crippen LogP contribution in [0.1, 0.15) is 28.3 Å². The monoisotopic (exact) mass is 262 g/mol. The number of hydrogen-bond acceptors (Lipinski definition) is 5. The van der Waals surface area contributed by atoms with Crippen molar-refractivity contribution < 1.29 is 4.79 Å². The van der Waals surface area contributed by atoms with Crippen molar-refractivity contribution in [3.8, 4) is 0 Å².